The lowest BCUT2D eigenvalue weighted by Gasteiger charge is -2.24. The molecule has 0 aliphatic carbocycles. The number of likely N-dealkylation sites (N-methyl/N-ethyl adjacent to an activating group) is 1. The van der Waals surface area contributed by atoms with Crippen LogP contribution in [0.5, 0.6) is 5.75 Å². The molecule has 0 heterocycles. The summed E-state index contributed by atoms with van der Waals surface area (Å²) in [5.74, 6) is -0.290. The molecule has 0 spiro atoms. The van der Waals surface area contributed by atoms with Crippen LogP contribution in [0.3, 0.4) is 0 Å². The molecule has 2 rings (SSSR count). The number of rotatable bonds is 14. The van der Waals surface area contributed by atoms with Crippen LogP contribution < -0.4 is 9.04 Å². The van der Waals surface area contributed by atoms with Crippen molar-refractivity contribution in [2.45, 2.75) is 57.3 Å². The minimum Gasteiger partial charge on any atom is -0.497 e. The molecule has 0 bridgehead atoms. The van der Waals surface area contributed by atoms with Crippen molar-refractivity contribution in [1.82, 2.24) is 4.90 Å². The lowest BCUT2D eigenvalue weighted by molar-refractivity contribution is -0.124. The summed E-state index contributed by atoms with van der Waals surface area (Å²) in [7, 11) is 1.92. The number of ether oxygens (including phenoxy) is 2. The van der Waals surface area contributed by atoms with Crippen LogP contribution in [0.4, 0.5) is 5.69 Å². The molecule has 0 aliphatic heterocycles. The van der Waals surface area contributed by atoms with Crippen LogP contribution in [0.25, 0.3) is 6.08 Å². The first-order chi connectivity index (χ1) is 18.1. The van der Waals surface area contributed by atoms with Gasteiger partial charge in [0.2, 0.25) is 5.91 Å². The summed E-state index contributed by atoms with van der Waals surface area (Å²) in [4.78, 5) is 27.0. The molecule has 0 N–H and O–H groups in total. The van der Waals surface area contributed by atoms with Gasteiger partial charge in [0.05, 0.1) is 30.4 Å². The molecule has 2 aromatic carbocycles. The van der Waals surface area contributed by atoms with Crippen molar-refractivity contribution in [2.24, 2.45) is 0 Å². The van der Waals surface area contributed by atoms with Crippen molar-refractivity contribution in [1.29, 1.82) is 0 Å². The Hall–Kier alpha value is -3.33. The lowest BCUT2D eigenvalue weighted by atomic mass is 10.0. The van der Waals surface area contributed by atoms with Crippen LogP contribution in [0, 0.1) is 6.92 Å². The maximum absolute atomic E-state index is 13.4. The number of carbonyl (C=O) groups is 2. The van der Waals surface area contributed by atoms with E-state index in [2.05, 4.69) is 6.92 Å². The number of methoxy groups -OCH3 is 2. The maximum atomic E-state index is 13.4. The number of unbranched alkanes of at least 4 members (excludes halogenated alkanes) is 5. The van der Waals surface area contributed by atoms with Gasteiger partial charge in [-0.3, -0.25) is 9.10 Å². The summed E-state index contributed by atoms with van der Waals surface area (Å²) in [6, 6.07) is 9.28. The normalized spacial score (nSPS) is 11.4. The zero-order chi connectivity index (χ0) is 28.3. The number of nitrogens with zero attached hydrogens (tertiary/aromatic N) is 2. The molecule has 0 saturated heterocycles. The fraction of sp³-hybridized carbons (Fsp3) is 0.448. The van der Waals surface area contributed by atoms with Gasteiger partial charge in [0.1, 0.15) is 5.75 Å². The number of esters is 1. The van der Waals surface area contributed by atoms with Gasteiger partial charge in [-0.15, -0.1) is 0 Å². The van der Waals surface area contributed by atoms with Crippen molar-refractivity contribution in [2.75, 3.05) is 39.2 Å². The van der Waals surface area contributed by atoms with Crippen molar-refractivity contribution < 1.29 is 27.5 Å². The van der Waals surface area contributed by atoms with Gasteiger partial charge >= 0.3 is 5.97 Å². The zero-order valence-electron chi connectivity index (χ0n) is 23.3. The van der Waals surface area contributed by atoms with Crippen LogP contribution in [0.1, 0.15) is 66.9 Å². The van der Waals surface area contributed by atoms with Crippen molar-refractivity contribution in [3.63, 3.8) is 0 Å². The van der Waals surface area contributed by atoms with Gasteiger partial charge in [0, 0.05) is 26.7 Å². The summed E-state index contributed by atoms with van der Waals surface area (Å²) in [5.41, 5.74) is 1.42. The van der Waals surface area contributed by atoms with Crippen molar-refractivity contribution in [3.05, 3.63) is 59.2 Å². The lowest BCUT2D eigenvalue weighted by Crippen LogP contribution is -2.29. The Bertz CT molecular complexity index is 1220. The minimum absolute atomic E-state index is 0.0546. The van der Waals surface area contributed by atoms with E-state index in [-0.39, 0.29) is 22.1 Å². The molecule has 38 heavy (non-hydrogen) atoms. The van der Waals surface area contributed by atoms with E-state index in [9.17, 15) is 18.0 Å². The highest BCUT2D eigenvalue weighted by molar-refractivity contribution is 7.92. The smallest absolute Gasteiger partial charge is 0.340 e. The van der Waals surface area contributed by atoms with Crippen LogP contribution in [0.2, 0.25) is 0 Å². The van der Waals surface area contributed by atoms with Gasteiger partial charge in [0.15, 0.2) is 0 Å². The number of hydrogen-bond acceptors (Lipinski definition) is 6. The predicted molar refractivity (Wildman–Crippen MR) is 151 cm³/mol. The molecule has 208 valence electrons. The van der Waals surface area contributed by atoms with Crippen LogP contribution in [-0.2, 0) is 19.6 Å². The SMILES string of the molecule is CCCCCCCCN(C)C(=O)C=Cc1cc(C)c(N(C)S(=O)(=O)c2ccc(OC)cc2)c(C(=O)OC)c1. The standard InChI is InChI=1S/C29H40N2O6S/c1-7-8-9-10-11-12-19-30(3)27(32)18-13-23-20-22(2)28(26(21-23)29(33)37-6)31(4)38(34,35)25-16-14-24(36-5)15-17-25/h13-18,20-21H,7-12,19H2,1-6H3. The molecule has 1 amide bonds. The summed E-state index contributed by atoms with van der Waals surface area (Å²) in [6.45, 7) is 4.57. The molecule has 9 heteroatoms. The fourth-order valence-electron chi connectivity index (χ4n) is 4.15. The topological polar surface area (TPSA) is 93.2 Å². The van der Waals surface area contributed by atoms with E-state index in [0.717, 1.165) is 17.1 Å². The van der Waals surface area contributed by atoms with Gasteiger partial charge in [-0.2, -0.15) is 0 Å². The highest BCUT2D eigenvalue weighted by Crippen LogP contribution is 2.32. The Balaban J connectivity index is 2.26. The first-order valence-electron chi connectivity index (χ1n) is 12.9. The van der Waals surface area contributed by atoms with Crippen LogP contribution >= 0.6 is 0 Å². The summed E-state index contributed by atoms with van der Waals surface area (Å²) in [5, 5.41) is 0. The third-order valence-corrected chi connectivity index (χ3v) is 8.17. The average molecular weight is 545 g/mol. The van der Waals surface area contributed by atoms with E-state index in [1.165, 1.54) is 71.2 Å². The van der Waals surface area contributed by atoms with Gasteiger partial charge in [-0.05, 0) is 66.9 Å². The number of anilines is 1. The molecule has 0 aliphatic rings. The first kappa shape index (κ1) is 30.9. The van der Waals surface area contributed by atoms with Gasteiger partial charge < -0.3 is 14.4 Å². The molecule has 0 fully saturated rings. The molecule has 2 aromatic rings. The second-order valence-electron chi connectivity index (χ2n) is 9.23. The molecular formula is C29H40N2O6S. The second kappa shape index (κ2) is 14.6. The number of sulfonamides is 1. The monoisotopic (exact) mass is 544 g/mol. The number of benzene rings is 2. The Morgan fingerprint density at radius 1 is 0.947 bits per heavy atom. The van der Waals surface area contributed by atoms with E-state index >= 15 is 0 Å². The van der Waals surface area contributed by atoms with Crippen molar-refractivity contribution >= 4 is 33.7 Å². The molecular weight excluding hydrogens is 504 g/mol. The number of carbonyl (C=O) groups excluding carboxylic acids is 2. The highest BCUT2D eigenvalue weighted by Gasteiger charge is 2.27. The first-order valence-corrected chi connectivity index (χ1v) is 14.3. The number of amides is 1. The van der Waals surface area contributed by atoms with Gasteiger partial charge in [-0.1, -0.05) is 39.0 Å². The predicted octanol–water partition coefficient (Wildman–Crippen LogP) is 5.45. The number of hydrogen-bond donors (Lipinski definition) is 0. The fourth-order valence-corrected chi connectivity index (χ4v) is 5.43. The summed E-state index contributed by atoms with van der Waals surface area (Å²) in [6.07, 6.45) is 9.99. The zero-order valence-corrected chi connectivity index (χ0v) is 24.1. The van der Waals surface area contributed by atoms with Crippen molar-refractivity contribution in [3.8, 4) is 5.75 Å². The van der Waals surface area contributed by atoms with Gasteiger partial charge in [0.25, 0.3) is 10.0 Å². The van der Waals surface area contributed by atoms with E-state index in [1.807, 2.05) is 0 Å². The molecule has 0 radical (unpaired) electrons. The summed E-state index contributed by atoms with van der Waals surface area (Å²) >= 11 is 0. The minimum atomic E-state index is -3.98. The quantitative estimate of drug-likeness (QED) is 0.178. The maximum Gasteiger partial charge on any atom is 0.340 e. The average Bonchev–Trinajstić information content (AvgIpc) is 2.92. The molecule has 0 saturated carbocycles. The van der Waals surface area contributed by atoms with E-state index < -0.39 is 16.0 Å². The summed E-state index contributed by atoms with van der Waals surface area (Å²) < 4.78 is 37.8. The molecule has 0 unspecified atom stereocenters. The third-order valence-electron chi connectivity index (χ3n) is 6.40. The molecule has 0 atom stereocenters. The third kappa shape index (κ3) is 8.08. The van der Waals surface area contributed by atoms with E-state index in [0.29, 0.717) is 23.4 Å². The number of aryl methyl sites for hydroxylation is 1. The molecule has 0 aromatic heterocycles. The molecule has 8 nitrogen and oxygen atoms in total. The van der Waals surface area contributed by atoms with E-state index in [4.69, 9.17) is 9.47 Å². The Morgan fingerprint density at radius 2 is 1.58 bits per heavy atom. The second-order valence-corrected chi connectivity index (χ2v) is 11.2. The van der Waals surface area contributed by atoms with Crippen LogP contribution in [-0.4, -0.2) is 60.1 Å². The van der Waals surface area contributed by atoms with Gasteiger partial charge in [-0.25, -0.2) is 13.2 Å². The Labute approximate surface area is 227 Å². The van der Waals surface area contributed by atoms with E-state index in [1.54, 1.807) is 43.1 Å². The Morgan fingerprint density at radius 3 is 2.18 bits per heavy atom. The Kier molecular flexibility index (Phi) is 11.8. The van der Waals surface area contributed by atoms with Crippen LogP contribution in [0.15, 0.2) is 47.4 Å². The highest BCUT2D eigenvalue weighted by atomic mass is 32.2. The largest absolute Gasteiger partial charge is 0.497 e.